The highest BCUT2D eigenvalue weighted by Crippen LogP contribution is 2.23. The molecule has 6 heteroatoms. The van der Waals surface area contributed by atoms with Crippen LogP contribution in [-0.4, -0.2) is 20.1 Å². The Bertz CT molecular complexity index is 419. The second kappa shape index (κ2) is 3.57. The zero-order chi connectivity index (χ0) is 10.1. The molecule has 1 rings (SSSR count). The van der Waals surface area contributed by atoms with Gasteiger partial charge < -0.3 is 5.73 Å². The second-order valence-corrected chi connectivity index (χ2v) is 5.60. The van der Waals surface area contributed by atoms with Crippen LogP contribution < -0.4 is 5.73 Å². The van der Waals surface area contributed by atoms with Crippen LogP contribution in [0.25, 0.3) is 0 Å². The van der Waals surface area contributed by atoms with Gasteiger partial charge >= 0.3 is 0 Å². The first-order valence-corrected chi connectivity index (χ1v) is 6.03. The molecule has 1 aromatic heterocycles. The third kappa shape index (κ3) is 1.96. The van der Waals surface area contributed by atoms with E-state index in [9.17, 15) is 13.2 Å². The largest absolute Gasteiger partial charge is 0.317 e. The first kappa shape index (κ1) is 10.4. The number of hydrogen-bond acceptors (Lipinski definition) is 5. The summed E-state index contributed by atoms with van der Waals surface area (Å²) in [6.07, 6.45) is 0. The van der Waals surface area contributed by atoms with Crippen LogP contribution in [0.5, 0.6) is 0 Å². The van der Waals surface area contributed by atoms with Gasteiger partial charge in [-0.3, -0.25) is 4.79 Å². The minimum absolute atomic E-state index is 0.0718. The third-order valence-corrected chi connectivity index (χ3v) is 4.49. The maximum absolute atomic E-state index is 11.3. The standard InChI is InChI=1S/C7H9NO3S2/c1-5(9)6-2-3-12-7(6)13(10,11)4-8/h2-3H,4,8H2,1H3. The molecular weight excluding hydrogens is 210 g/mol. The van der Waals surface area contributed by atoms with Crippen LogP contribution in [0.1, 0.15) is 17.3 Å². The minimum atomic E-state index is -3.46. The molecular formula is C7H9NO3S2. The van der Waals surface area contributed by atoms with Gasteiger partial charge in [-0.2, -0.15) is 0 Å². The van der Waals surface area contributed by atoms with Gasteiger partial charge in [0.1, 0.15) is 10.1 Å². The average molecular weight is 219 g/mol. The maximum Gasteiger partial charge on any atom is 0.201 e. The molecule has 0 atom stereocenters. The van der Waals surface area contributed by atoms with E-state index in [2.05, 4.69) is 0 Å². The van der Waals surface area contributed by atoms with Crippen LogP contribution >= 0.6 is 11.3 Å². The van der Waals surface area contributed by atoms with Crippen LogP contribution in [-0.2, 0) is 9.84 Å². The van der Waals surface area contributed by atoms with Crippen molar-refractivity contribution in [3.63, 3.8) is 0 Å². The van der Waals surface area contributed by atoms with Crippen LogP contribution in [0.2, 0.25) is 0 Å². The fraction of sp³-hybridized carbons (Fsp3) is 0.286. The molecule has 0 unspecified atom stereocenters. The van der Waals surface area contributed by atoms with Crippen LogP contribution in [0.4, 0.5) is 0 Å². The second-order valence-electron chi connectivity index (χ2n) is 2.46. The van der Waals surface area contributed by atoms with Crippen LogP contribution in [0.15, 0.2) is 15.7 Å². The summed E-state index contributed by atoms with van der Waals surface area (Å²) < 4.78 is 22.7. The van der Waals surface area contributed by atoms with Crippen molar-refractivity contribution in [1.29, 1.82) is 0 Å². The summed E-state index contributed by atoms with van der Waals surface area (Å²) >= 11 is 1.02. The number of thiophene rings is 1. The number of Topliss-reactive ketones (excluding diaryl/α,β-unsaturated/α-hetero) is 1. The van der Waals surface area contributed by atoms with Crippen molar-refractivity contribution in [1.82, 2.24) is 0 Å². The number of carbonyl (C=O) groups excluding carboxylic acids is 1. The van der Waals surface area contributed by atoms with Crippen molar-refractivity contribution < 1.29 is 13.2 Å². The number of nitrogens with two attached hydrogens (primary N) is 1. The SMILES string of the molecule is CC(=O)c1ccsc1S(=O)(=O)CN. The lowest BCUT2D eigenvalue weighted by molar-refractivity contribution is 0.101. The lowest BCUT2D eigenvalue weighted by Crippen LogP contribution is -2.15. The molecule has 0 aliphatic heterocycles. The summed E-state index contributed by atoms with van der Waals surface area (Å²) in [5, 5.41) is 1.57. The molecule has 2 N–H and O–H groups in total. The number of sulfone groups is 1. The van der Waals surface area contributed by atoms with Crippen molar-refractivity contribution >= 4 is 27.0 Å². The predicted molar refractivity (Wildman–Crippen MR) is 50.6 cm³/mol. The van der Waals surface area contributed by atoms with Gasteiger partial charge in [-0.25, -0.2) is 8.42 Å². The van der Waals surface area contributed by atoms with Gasteiger partial charge in [0.05, 0.1) is 0 Å². The lowest BCUT2D eigenvalue weighted by Gasteiger charge is -1.99. The normalized spacial score (nSPS) is 11.5. The maximum atomic E-state index is 11.3. The van der Waals surface area contributed by atoms with E-state index in [0.29, 0.717) is 0 Å². The van der Waals surface area contributed by atoms with Gasteiger partial charge in [-0.05, 0) is 18.4 Å². The first-order chi connectivity index (χ1) is 5.99. The Hall–Kier alpha value is -0.720. The van der Waals surface area contributed by atoms with E-state index in [1.165, 1.54) is 13.0 Å². The number of hydrogen-bond donors (Lipinski definition) is 1. The summed E-state index contributed by atoms with van der Waals surface area (Å²) in [6.45, 7) is 1.33. The number of rotatable bonds is 3. The predicted octanol–water partition coefficient (Wildman–Crippen LogP) is 0.641. The zero-order valence-corrected chi connectivity index (χ0v) is 8.61. The monoisotopic (exact) mass is 219 g/mol. The minimum Gasteiger partial charge on any atom is -0.317 e. The molecule has 0 spiro atoms. The molecule has 1 aromatic rings. The summed E-state index contributed by atoms with van der Waals surface area (Å²) in [7, 11) is -3.46. The molecule has 0 saturated carbocycles. The Morgan fingerprint density at radius 2 is 2.23 bits per heavy atom. The molecule has 13 heavy (non-hydrogen) atoms. The van der Waals surface area contributed by atoms with Gasteiger partial charge in [-0.1, -0.05) is 0 Å². The van der Waals surface area contributed by atoms with Crippen molar-refractivity contribution in [3.8, 4) is 0 Å². The Morgan fingerprint density at radius 3 is 2.69 bits per heavy atom. The topological polar surface area (TPSA) is 77.2 Å². The molecule has 0 saturated heterocycles. The fourth-order valence-electron chi connectivity index (χ4n) is 0.873. The summed E-state index contributed by atoms with van der Waals surface area (Å²) in [5.74, 6) is -0.721. The summed E-state index contributed by atoms with van der Waals surface area (Å²) in [6, 6.07) is 1.50. The molecule has 0 aromatic carbocycles. The number of carbonyl (C=O) groups is 1. The molecule has 0 aliphatic rings. The third-order valence-electron chi connectivity index (χ3n) is 1.51. The lowest BCUT2D eigenvalue weighted by atomic mass is 10.2. The molecule has 1 heterocycles. The highest BCUT2D eigenvalue weighted by Gasteiger charge is 2.20. The van der Waals surface area contributed by atoms with E-state index in [1.807, 2.05) is 0 Å². The quantitative estimate of drug-likeness (QED) is 0.757. The van der Waals surface area contributed by atoms with Crippen LogP contribution in [0, 0.1) is 0 Å². The molecule has 0 amide bonds. The van der Waals surface area contributed by atoms with E-state index in [0.717, 1.165) is 11.3 Å². The smallest absolute Gasteiger partial charge is 0.201 e. The van der Waals surface area contributed by atoms with E-state index >= 15 is 0 Å². The van der Waals surface area contributed by atoms with Crippen molar-refractivity contribution in [3.05, 3.63) is 17.0 Å². The van der Waals surface area contributed by atoms with Crippen molar-refractivity contribution in [2.45, 2.75) is 11.1 Å². The molecule has 0 fully saturated rings. The highest BCUT2D eigenvalue weighted by molar-refractivity contribution is 7.93. The van der Waals surface area contributed by atoms with Gasteiger partial charge in [0.15, 0.2) is 5.78 Å². The molecule has 0 aliphatic carbocycles. The van der Waals surface area contributed by atoms with E-state index < -0.39 is 15.7 Å². The first-order valence-electron chi connectivity index (χ1n) is 3.50. The molecule has 0 bridgehead atoms. The summed E-state index contributed by atoms with van der Waals surface area (Å²) in [4.78, 5) is 11.0. The highest BCUT2D eigenvalue weighted by atomic mass is 32.2. The van der Waals surface area contributed by atoms with Gasteiger partial charge in [0.25, 0.3) is 0 Å². The van der Waals surface area contributed by atoms with Gasteiger partial charge in [0, 0.05) is 5.56 Å². The molecule has 72 valence electrons. The molecule has 4 nitrogen and oxygen atoms in total. The fourth-order valence-corrected chi connectivity index (χ4v) is 3.19. The van der Waals surface area contributed by atoms with E-state index in [-0.39, 0.29) is 15.6 Å². The Kier molecular flexibility index (Phi) is 2.84. The van der Waals surface area contributed by atoms with Crippen LogP contribution in [0.3, 0.4) is 0 Å². The molecule has 0 radical (unpaired) electrons. The van der Waals surface area contributed by atoms with Gasteiger partial charge in [-0.15, -0.1) is 11.3 Å². The van der Waals surface area contributed by atoms with E-state index in [1.54, 1.807) is 5.38 Å². The Balaban J connectivity index is 3.31. The average Bonchev–Trinajstić information content (AvgIpc) is 2.52. The summed E-state index contributed by atoms with van der Waals surface area (Å²) in [5.41, 5.74) is 5.31. The Morgan fingerprint density at radius 1 is 1.62 bits per heavy atom. The number of ketones is 1. The Labute approximate surface area is 80.3 Å². The van der Waals surface area contributed by atoms with E-state index in [4.69, 9.17) is 5.73 Å². The van der Waals surface area contributed by atoms with Gasteiger partial charge in [0.2, 0.25) is 9.84 Å². The van der Waals surface area contributed by atoms with Crippen molar-refractivity contribution in [2.24, 2.45) is 5.73 Å². The van der Waals surface area contributed by atoms with Crippen molar-refractivity contribution in [2.75, 3.05) is 5.88 Å². The zero-order valence-electron chi connectivity index (χ0n) is 6.98.